The summed E-state index contributed by atoms with van der Waals surface area (Å²) in [6.07, 6.45) is 3.33. The van der Waals surface area contributed by atoms with Crippen molar-refractivity contribution in [1.82, 2.24) is 9.62 Å². The second kappa shape index (κ2) is 7.94. The van der Waals surface area contributed by atoms with Crippen LogP contribution in [0.4, 0.5) is 0 Å². The van der Waals surface area contributed by atoms with Crippen LogP contribution in [-0.2, 0) is 16.6 Å². The molecule has 0 atom stereocenters. The Bertz CT molecular complexity index is 600. The first-order chi connectivity index (χ1) is 9.84. The quantitative estimate of drug-likeness (QED) is 0.589. The number of sulfonamides is 1. The normalized spacial score (nSPS) is 11.9. The Morgan fingerprint density at radius 2 is 2.10 bits per heavy atom. The predicted octanol–water partition coefficient (Wildman–Crippen LogP) is 2.95. The van der Waals surface area contributed by atoms with E-state index in [0.29, 0.717) is 18.1 Å². The molecule has 0 aliphatic carbocycles. The van der Waals surface area contributed by atoms with Crippen LogP contribution in [0.15, 0.2) is 29.7 Å². The van der Waals surface area contributed by atoms with E-state index in [1.54, 1.807) is 19.2 Å². The number of hydrogen-bond donors (Lipinski definition) is 1. The minimum atomic E-state index is -3.53. The van der Waals surface area contributed by atoms with Crippen LogP contribution < -0.4 is 5.32 Å². The standard InChI is InChI=1S/C15H23ClN2O2S/c1-5-6-7-8-18(4)21(19,20)15-10-14(16)9-13(11-17-3)12(15)2/h5,9-10,17H,1,6-8,11H2,2-4H3. The lowest BCUT2D eigenvalue weighted by Gasteiger charge is -2.20. The molecule has 0 saturated heterocycles. The Balaban J connectivity index is 3.15. The van der Waals surface area contributed by atoms with Crippen LogP contribution in [0.1, 0.15) is 24.0 Å². The van der Waals surface area contributed by atoms with Gasteiger partial charge in [-0.15, -0.1) is 6.58 Å². The van der Waals surface area contributed by atoms with E-state index in [2.05, 4.69) is 11.9 Å². The molecule has 0 amide bonds. The minimum absolute atomic E-state index is 0.279. The third-order valence-corrected chi connectivity index (χ3v) is 5.57. The van der Waals surface area contributed by atoms with Crippen molar-refractivity contribution in [2.75, 3.05) is 20.6 Å². The lowest BCUT2D eigenvalue weighted by molar-refractivity contribution is 0.462. The van der Waals surface area contributed by atoms with Crippen molar-refractivity contribution in [2.45, 2.75) is 31.2 Å². The summed E-state index contributed by atoms with van der Waals surface area (Å²) >= 11 is 6.07. The number of rotatable bonds is 8. The van der Waals surface area contributed by atoms with Crippen molar-refractivity contribution in [3.63, 3.8) is 0 Å². The zero-order valence-electron chi connectivity index (χ0n) is 12.8. The van der Waals surface area contributed by atoms with Crippen molar-refractivity contribution in [3.05, 3.63) is 40.9 Å². The molecule has 21 heavy (non-hydrogen) atoms. The predicted molar refractivity (Wildman–Crippen MR) is 88.2 cm³/mol. The fraction of sp³-hybridized carbons (Fsp3) is 0.467. The van der Waals surface area contributed by atoms with E-state index in [1.165, 1.54) is 10.4 Å². The van der Waals surface area contributed by atoms with Crippen LogP contribution in [0.25, 0.3) is 0 Å². The average molecular weight is 331 g/mol. The number of nitrogens with zero attached hydrogens (tertiary/aromatic N) is 1. The van der Waals surface area contributed by atoms with Gasteiger partial charge in [0.1, 0.15) is 0 Å². The van der Waals surface area contributed by atoms with Gasteiger partial charge in [0.25, 0.3) is 0 Å². The van der Waals surface area contributed by atoms with Crippen LogP contribution in [0.5, 0.6) is 0 Å². The lowest BCUT2D eigenvalue weighted by Crippen LogP contribution is -2.29. The summed E-state index contributed by atoms with van der Waals surface area (Å²) in [5.74, 6) is 0. The molecule has 0 saturated carbocycles. The van der Waals surface area contributed by atoms with Crippen molar-refractivity contribution in [2.24, 2.45) is 0 Å². The Hall–Kier alpha value is -0.880. The Labute approximate surface area is 132 Å². The first-order valence-electron chi connectivity index (χ1n) is 6.85. The monoisotopic (exact) mass is 330 g/mol. The van der Waals surface area contributed by atoms with E-state index in [1.807, 2.05) is 14.0 Å². The van der Waals surface area contributed by atoms with Gasteiger partial charge in [0, 0.05) is 25.2 Å². The molecule has 0 unspecified atom stereocenters. The van der Waals surface area contributed by atoms with Gasteiger partial charge in [0.15, 0.2) is 0 Å². The van der Waals surface area contributed by atoms with Gasteiger partial charge in [-0.3, -0.25) is 0 Å². The molecule has 1 aromatic carbocycles. The van der Waals surface area contributed by atoms with Crippen molar-refractivity contribution in [3.8, 4) is 0 Å². The zero-order valence-corrected chi connectivity index (χ0v) is 14.4. The molecule has 4 nitrogen and oxygen atoms in total. The highest BCUT2D eigenvalue weighted by atomic mass is 35.5. The highest BCUT2D eigenvalue weighted by Crippen LogP contribution is 2.26. The molecule has 0 radical (unpaired) electrons. The molecule has 0 aromatic heterocycles. The van der Waals surface area contributed by atoms with Crippen LogP contribution in [0, 0.1) is 6.92 Å². The molecule has 118 valence electrons. The molecule has 1 rings (SSSR count). The summed E-state index contributed by atoms with van der Waals surface area (Å²) in [6, 6.07) is 3.32. The number of halogens is 1. The third kappa shape index (κ3) is 4.54. The number of benzene rings is 1. The smallest absolute Gasteiger partial charge is 0.243 e. The molecule has 6 heteroatoms. The van der Waals surface area contributed by atoms with Gasteiger partial charge < -0.3 is 5.32 Å². The number of unbranched alkanes of at least 4 members (excludes halogenated alkanes) is 1. The maximum Gasteiger partial charge on any atom is 0.243 e. The maximum atomic E-state index is 12.7. The van der Waals surface area contributed by atoms with Crippen LogP contribution in [0.2, 0.25) is 5.02 Å². The Morgan fingerprint density at radius 3 is 2.67 bits per heavy atom. The summed E-state index contributed by atoms with van der Waals surface area (Å²) in [7, 11) is -0.117. The highest BCUT2D eigenvalue weighted by Gasteiger charge is 2.24. The molecule has 0 heterocycles. The fourth-order valence-corrected chi connectivity index (χ4v) is 3.90. The lowest BCUT2D eigenvalue weighted by atomic mass is 10.1. The summed E-state index contributed by atoms with van der Waals surface area (Å²) < 4.78 is 26.7. The molecule has 0 spiro atoms. The average Bonchev–Trinajstić information content (AvgIpc) is 2.42. The fourth-order valence-electron chi connectivity index (χ4n) is 2.10. The van der Waals surface area contributed by atoms with Gasteiger partial charge in [-0.25, -0.2) is 12.7 Å². The van der Waals surface area contributed by atoms with Crippen LogP contribution in [0.3, 0.4) is 0 Å². The summed E-state index contributed by atoms with van der Waals surface area (Å²) in [6.45, 7) is 6.49. The molecule has 0 bridgehead atoms. The second-order valence-corrected chi connectivity index (χ2v) is 7.43. The van der Waals surface area contributed by atoms with Gasteiger partial charge >= 0.3 is 0 Å². The van der Waals surface area contributed by atoms with E-state index in [0.717, 1.165) is 24.0 Å². The Kier molecular flexibility index (Phi) is 6.87. The van der Waals surface area contributed by atoms with Gasteiger partial charge in [-0.2, -0.15) is 0 Å². The third-order valence-electron chi connectivity index (χ3n) is 3.37. The van der Waals surface area contributed by atoms with E-state index in [9.17, 15) is 8.42 Å². The molecule has 1 N–H and O–H groups in total. The van der Waals surface area contributed by atoms with Crippen molar-refractivity contribution in [1.29, 1.82) is 0 Å². The first-order valence-corrected chi connectivity index (χ1v) is 8.67. The highest BCUT2D eigenvalue weighted by molar-refractivity contribution is 7.89. The molecule has 0 aliphatic heterocycles. The number of allylic oxidation sites excluding steroid dienone is 1. The Morgan fingerprint density at radius 1 is 1.43 bits per heavy atom. The van der Waals surface area contributed by atoms with Crippen molar-refractivity contribution >= 4 is 21.6 Å². The topological polar surface area (TPSA) is 49.4 Å². The SMILES string of the molecule is C=CCCCN(C)S(=O)(=O)c1cc(Cl)cc(CNC)c1C. The first kappa shape index (κ1) is 18.2. The van der Waals surface area contributed by atoms with Crippen molar-refractivity contribution < 1.29 is 8.42 Å². The van der Waals surface area contributed by atoms with E-state index in [4.69, 9.17) is 11.6 Å². The summed E-state index contributed by atoms with van der Waals surface area (Å²) in [4.78, 5) is 0.279. The van der Waals surface area contributed by atoms with E-state index >= 15 is 0 Å². The number of nitrogens with one attached hydrogen (secondary N) is 1. The van der Waals surface area contributed by atoms with E-state index in [-0.39, 0.29) is 4.90 Å². The second-order valence-electron chi connectivity index (χ2n) is 4.98. The van der Waals surface area contributed by atoms with Gasteiger partial charge in [0.05, 0.1) is 4.90 Å². The van der Waals surface area contributed by atoms with Gasteiger partial charge in [0.2, 0.25) is 10.0 Å². The van der Waals surface area contributed by atoms with Crippen LogP contribution in [-0.4, -0.2) is 33.4 Å². The van der Waals surface area contributed by atoms with Gasteiger partial charge in [-0.05, 0) is 50.1 Å². The minimum Gasteiger partial charge on any atom is -0.316 e. The molecule has 1 aromatic rings. The summed E-state index contributed by atoms with van der Waals surface area (Å²) in [5, 5.41) is 3.46. The zero-order chi connectivity index (χ0) is 16.0. The van der Waals surface area contributed by atoms with Crippen LogP contribution >= 0.6 is 11.6 Å². The molecule has 0 fully saturated rings. The molecular formula is C15H23ClN2O2S. The molecular weight excluding hydrogens is 308 g/mol. The van der Waals surface area contributed by atoms with E-state index < -0.39 is 10.0 Å². The van der Waals surface area contributed by atoms with Gasteiger partial charge in [-0.1, -0.05) is 17.7 Å². The largest absolute Gasteiger partial charge is 0.316 e. The maximum absolute atomic E-state index is 12.7. The molecule has 0 aliphatic rings. The number of hydrogen-bond acceptors (Lipinski definition) is 3. The summed E-state index contributed by atoms with van der Waals surface area (Å²) in [5.41, 5.74) is 1.63.